The van der Waals surface area contributed by atoms with Crippen molar-refractivity contribution < 1.29 is 24.4 Å². The standard InChI is InChI=1S/C25H28O5/c26-22-13-7-8-14-24(22)30-25(15-16-28-17-20-9-3-1-4-10-20)23(27)19-29-18-21-11-5-2-6-12-21/h1-14,23,25-27H,15-19H2/t23-,25+/m1/s1. The topological polar surface area (TPSA) is 68.2 Å². The molecule has 0 aliphatic rings. The normalized spacial score (nSPS) is 13.0. The molecule has 3 rings (SSSR count). The lowest BCUT2D eigenvalue weighted by molar-refractivity contribution is -0.0443. The van der Waals surface area contributed by atoms with Crippen molar-refractivity contribution in [3.8, 4) is 11.5 Å². The predicted molar refractivity (Wildman–Crippen MR) is 115 cm³/mol. The Hall–Kier alpha value is -2.86. The van der Waals surface area contributed by atoms with Crippen molar-refractivity contribution in [2.45, 2.75) is 31.8 Å². The van der Waals surface area contributed by atoms with Crippen molar-refractivity contribution in [3.63, 3.8) is 0 Å². The molecule has 5 nitrogen and oxygen atoms in total. The van der Waals surface area contributed by atoms with E-state index in [1.54, 1.807) is 24.3 Å². The van der Waals surface area contributed by atoms with Crippen LogP contribution in [0.3, 0.4) is 0 Å². The summed E-state index contributed by atoms with van der Waals surface area (Å²) in [6.45, 7) is 1.42. The molecule has 2 atom stereocenters. The molecule has 0 aromatic heterocycles. The number of para-hydroxylation sites is 2. The molecule has 3 aromatic rings. The fourth-order valence-electron chi connectivity index (χ4n) is 2.99. The molecule has 158 valence electrons. The molecule has 0 bridgehead atoms. The smallest absolute Gasteiger partial charge is 0.161 e. The van der Waals surface area contributed by atoms with Crippen molar-refractivity contribution in [3.05, 3.63) is 96.1 Å². The number of hydrogen-bond acceptors (Lipinski definition) is 5. The van der Waals surface area contributed by atoms with E-state index in [0.717, 1.165) is 11.1 Å². The van der Waals surface area contributed by atoms with Gasteiger partial charge < -0.3 is 24.4 Å². The van der Waals surface area contributed by atoms with Crippen LogP contribution in [-0.2, 0) is 22.7 Å². The zero-order valence-electron chi connectivity index (χ0n) is 16.9. The van der Waals surface area contributed by atoms with Gasteiger partial charge in [0.2, 0.25) is 0 Å². The van der Waals surface area contributed by atoms with E-state index in [-0.39, 0.29) is 12.4 Å². The van der Waals surface area contributed by atoms with Crippen molar-refractivity contribution in [2.24, 2.45) is 0 Å². The van der Waals surface area contributed by atoms with Gasteiger partial charge in [-0.25, -0.2) is 0 Å². The summed E-state index contributed by atoms with van der Waals surface area (Å²) < 4.78 is 17.3. The van der Waals surface area contributed by atoms with Crippen LogP contribution in [0.4, 0.5) is 0 Å². The van der Waals surface area contributed by atoms with Gasteiger partial charge in [-0.3, -0.25) is 0 Å². The number of aliphatic hydroxyl groups is 1. The van der Waals surface area contributed by atoms with Crippen LogP contribution < -0.4 is 4.74 Å². The summed E-state index contributed by atoms with van der Waals surface area (Å²) in [5.74, 6) is 0.359. The number of phenols is 1. The largest absolute Gasteiger partial charge is 0.504 e. The summed E-state index contributed by atoms with van der Waals surface area (Å²) in [6, 6.07) is 26.4. The fourth-order valence-corrected chi connectivity index (χ4v) is 2.99. The fraction of sp³-hybridized carbons (Fsp3) is 0.280. The van der Waals surface area contributed by atoms with Crippen LogP contribution in [0.25, 0.3) is 0 Å². The molecule has 0 unspecified atom stereocenters. The highest BCUT2D eigenvalue weighted by Crippen LogP contribution is 2.27. The Balaban J connectivity index is 1.53. The van der Waals surface area contributed by atoms with Crippen molar-refractivity contribution >= 4 is 0 Å². The highest BCUT2D eigenvalue weighted by Gasteiger charge is 2.22. The summed E-state index contributed by atoms with van der Waals surface area (Å²) >= 11 is 0. The van der Waals surface area contributed by atoms with Crippen LogP contribution in [0.15, 0.2) is 84.9 Å². The molecule has 5 heteroatoms. The molecule has 0 aliphatic heterocycles. The highest BCUT2D eigenvalue weighted by atomic mass is 16.5. The number of aromatic hydroxyl groups is 1. The van der Waals surface area contributed by atoms with Gasteiger partial charge in [-0.15, -0.1) is 0 Å². The summed E-state index contributed by atoms with van der Waals surface area (Å²) in [5.41, 5.74) is 2.12. The van der Waals surface area contributed by atoms with Gasteiger partial charge >= 0.3 is 0 Å². The third-order valence-electron chi connectivity index (χ3n) is 4.63. The highest BCUT2D eigenvalue weighted by molar-refractivity contribution is 5.38. The number of benzene rings is 3. The summed E-state index contributed by atoms with van der Waals surface area (Å²) in [4.78, 5) is 0. The minimum atomic E-state index is -0.867. The van der Waals surface area contributed by atoms with Gasteiger partial charge in [-0.05, 0) is 23.3 Å². The second kappa shape index (κ2) is 12.0. The lowest BCUT2D eigenvalue weighted by Crippen LogP contribution is -2.36. The van der Waals surface area contributed by atoms with Crippen LogP contribution in [0.5, 0.6) is 11.5 Å². The summed E-state index contributed by atoms with van der Waals surface area (Å²) in [7, 11) is 0. The molecule has 30 heavy (non-hydrogen) atoms. The first-order valence-corrected chi connectivity index (χ1v) is 10.1. The Morgan fingerprint density at radius 2 is 1.27 bits per heavy atom. The van der Waals surface area contributed by atoms with Crippen LogP contribution in [-0.4, -0.2) is 35.6 Å². The average molecular weight is 408 g/mol. The average Bonchev–Trinajstić information content (AvgIpc) is 2.78. The maximum Gasteiger partial charge on any atom is 0.161 e. The van der Waals surface area contributed by atoms with E-state index in [9.17, 15) is 10.2 Å². The van der Waals surface area contributed by atoms with Crippen molar-refractivity contribution in [2.75, 3.05) is 13.2 Å². The monoisotopic (exact) mass is 408 g/mol. The maximum atomic E-state index is 10.7. The Bertz CT molecular complexity index is 854. The minimum absolute atomic E-state index is 0.0325. The molecule has 2 N–H and O–H groups in total. The van der Waals surface area contributed by atoms with E-state index in [1.807, 2.05) is 60.7 Å². The number of rotatable bonds is 12. The van der Waals surface area contributed by atoms with Crippen molar-refractivity contribution in [1.82, 2.24) is 0 Å². The van der Waals surface area contributed by atoms with E-state index < -0.39 is 12.2 Å². The van der Waals surface area contributed by atoms with E-state index in [2.05, 4.69) is 0 Å². The molecule has 0 saturated heterocycles. The zero-order chi connectivity index (χ0) is 21.0. The van der Waals surface area contributed by atoms with Gasteiger partial charge in [0.1, 0.15) is 12.2 Å². The zero-order valence-corrected chi connectivity index (χ0v) is 16.9. The molecule has 0 radical (unpaired) electrons. The third kappa shape index (κ3) is 7.19. The SMILES string of the molecule is Oc1ccccc1O[C@@H](CCOCc1ccccc1)[C@H](O)COCc1ccccc1. The van der Waals surface area contributed by atoms with E-state index in [4.69, 9.17) is 14.2 Å². The second-order valence-electron chi connectivity index (χ2n) is 7.02. The van der Waals surface area contributed by atoms with Gasteiger partial charge in [-0.1, -0.05) is 72.8 Å². The van der Waals surface area contributed by atoms with E-state index in [1.165, 1.54) is 0 Å². The third-order valence-corrected chi connectivity index (χ3v) is 4.63. The first-order valence-electron chi connectivity index (χ1n) is 10.1. The number of aliphatic hydroxyl groups excluding tert-OH is 1. The number of ether oxygens (including phenoxy) is 3. The van der Waals surface area contributed by atoms with E-state index >= 15 is 0 Å². The summed E-state index contributed by atoms with van der Waals surface area (Å²) in [5, 5.41) is 20.7. The number of hydrogen-bond donors (Lipinski definition) is 2. The first-order chi connectivity index (χ1) is 14.7. The quantitative estimate of drug-likeness (QED) is 0.437. The van der Waals surface area contributed by atoms with Crippen LogP contribution in [0.1, 0.15) is 17.5 Å². The van der Waals surface area contributed by atoms with E-state index in [0.29, 0.717) is 32.0 Å². The Morgan fingerprint density at radius 3 is 1.90 bits per heavy atom. The Kier molecular flexibility index (Phi) is 8.72. The van der Waals surface area contributed by atoms with Gasteiger partial charge in [-0.2, -0.15) is 0 Å². The molecule has 0 saturated carbocycles. The van der Waals surface area contributed by atoms with Gasteiger partial charge in [0.05, 0.1) is 26.4 Å². The first kappa shape index (κ1) is 21.8. The number of phenolic OH excluding ortho intramolecular Hbond substituents is 1. The Labute approximate surface area is 177 Å². The minimum Gasteiger partial charge on any atom is -0.504 e. The molecule has 0 amide bonds. The van der Waals surface area contributed by atoms with Crippen LogP contribution >= 0.6 is 0 Å². The molecular weight excluding hydrogens is 380 g/mol. The van der Waals surface area contributed by atoms with Crippen LogP contribution in [0, 0.1) is 0 Å². The maximum absolute atomic E-state index is 10.7. The molecule has 0 fully saturated rings. The van der Waals surface area contributed by atoms with Gasteiger partial charge in [0.25, 0.3) is 0 Å². The second-order valence-corrected chi connectivity index (χ2v) is 7.02. The lowest BCUT2D eigenvalue weighted by atomic mass is 10.1. The lowest BCUT2D eigenvalue weighted by Gasteiger charge is -2.24. The molecule has 0 aliphatic carbocycles. The van der Waals surface area contributed by atoms with Crippen LogP contribution in [0.2, 0.25) is 0 Å². The molecule has 0 heterocycles. The molecule has 3 aromatic carbocycles. The Morgan fingerprint density at radius 1 is 0.700 bits per heavy atom. The van der Waals surface area contributed by atoms with Gasteiger partial charge in [0, 0.05) is 6.42 Å². The predicted octanol–water partition coefficient (Wildman–Crippen LogP) is 4.32. The molecular formula is C25H28O5. The summed E-state index contributed by atoms with van der Waals surface area (Å²) in [6.07, 6.45) is -0.990. The van der Waals surface area contributed by atoms with Gasteiger partial charge in [0.15, 0.2) is 11.5 Å². The molecule has 0 spiro atoms. The van der Waals surface area contributed by atoms with Crippen molar-refractivity contribution in [1.29, 1.82) is 0 Å².